The summed E-state index contributed by atoms with van der Waals surface area (Å²) in [6, 6.07) is 11.8. The Morgan fingerprint density at radius 2 is 2.13 bits per heavy atom. The van der Waals surface area contributed by atoms with E-state index in [4.69, 9.17) is 11.6 Å². The summed E-state index contributed by atoms with van der Waals surface area (Å²) in [5.74, 6) is -0.0441. The predicted molar refractivity (Wildman–Crippen MR) is 96.0 cm³/mol. The van der Waals surface area contributed by atoms with Crippen molar-refractivity contribution in [2.24, 2.45) is 0 Å². The number of aryl methyl sites for hydroxylation is 1. The average Bonchev–Trinajstić information content (AvgIpc) is 3.22. The Kier molecular flexibility index (Phi) is 4.74. The number of carbonyl (C=O) groups is 1. The lowest BCUT2D eigenvalue weighted by Gasteiger charge is -1.99. The molecule has 0 N–H and O–H groups in total. The van der Waals surface area contributed by atoms with Crippen LogP contribution in [-0.2, 0) is 6.54 Å². The van der Waals surface area contributed by atoms with E-state index in [1.165, 1.54) is 0 Å². The first kappa shape index (κ1) is 15.7. The molecule has 2 heterocycles. The molecule has 3 rings (SSSR count). The Morgan fingerprint density at radius 3 is 2.87 bits per heavy atom. The molecule has 0 amide bonds. The van der Waals surface area contributed by atoms with Crippen molar-refractivity contribution >= 4 is 34.8 Å². The van der Waals surface area contributed by atoms with E-state index in [0.717, 1.165) is 26.9 Å². The maximum Gasteiger partial charge on any atom is 0.189 e. The molecular formula is C18H15ClN2OS. The monoisotopic (exact) mass is 342 g/mol. The molecule has 2 aromatic heterocycles. The van der Waals surface area contributed by atoms with Gasteiger partial charge in [0.1, 0.15) is 0 Å². The number of benzene rings is 1. The molecule has 0 bridgehead atoms. The summed E-state index contributed by atoms with van der Waals surface area (Å²) in [4.78, 5) is 14.2. The van der Waals surface area contributed by atoms with Crippen LogP contribution in [0.15, 0.2) is 54.9 Å². The number of aromatic nitrogens is 2. The second-order valence-corrected chi connectivity index (χ2v) is 6.49. The van der Waals surface area contributed by atoms with Gasteiger partial charge in [0.05, 0.1) is 11.8 Å². The van der Waals surface area contributed by atoms with Crippen LogP contribution in [-0.4, -0.2) is 15.6 Å². The molecule has 0 atom stereocenters. The number of hydrogen-bond acceptors (Lipinski definition) is 3. The smallest absolute Gasteiger partial charge is 0.189 e. The van der Waals surface area contributed by atoms with Crippen LogP contribution in [0.3, 0.4) is 0 Å². The van der Waals surface area contributed by atoms with Crippen molar-refractivity contribution in [1.29, 1.82) is 0 Å². The largest absolute Gasteiger partial charge is 0.289 e. The van der Waals surface area contributed by atoms with E-state index in [0.29, 0.717) is 5.56 Å². The summed E-state index contributed by atoms with van der Waals surface area (Å²) in [6.07, 6.45) is 6.77. The molecule has 0 spiro atoms. The normalized spacial score (nSPS) is 11.2. The van der Waals surface area contributed by atoms with E-state index in [1.807, 2.05) is 49.4 Å². The standard InChI is InChI=1S/C18H15ClN2OS/c1-2-21-12-13(11-20-21)17(22)9-7-14-8-10-18(23-14)15-5-3-4-6-16(15)19/h3-12H,2H2,1H3. The number of thiophene rings is 1. The third-order valence-corrected chi connectivity index (χ3v) is 4.82. The van der Waals surface area contributed by atoms with Gasteiger partial charge < -0.3 is 0 Å². The number of ketones is 1. The highest BCUT2D eigenvalue weighted by atomic mass is 35.5. The van der Waals surface area contributed by atoms with Gasteiger partial charge in [-0.25, -0.2) is 0 Å². The highest BCUT2D eigenvalue weighted by Crippen LogP contribution is 2.33. The SMILES string of the molecule is CCn1cc(C(=O)C=Cc2ccc(-c3ccccc3Cl)s2)cn1. The van der Waals surface area contributed by atoms with Gasteiger partial charge in [0, 0.05) is 33.1 Å². The quantitative estimate of drug-likeness (QED) is 0.473. The third kappa shape index (κ3) is 3.60. The van der Waals surface area contributed by atoms with Crippen molar-refractivity contribution in [1.82, 2.24) is 9.78 Å². The molecular weight excluding hydrogens is 328 g/mol. The minimum Gasteiger partial charge on any atom is -0.289 e. The molecule has 0 aliphatic heterocycles. The van der Waals surface area contributed by atoms with Crippen molar-refractivity contribution in [3.05, 3.63) is 70.3 Å². The van der Waals surface area contributed by atoms with E-state index in [1.54, 1.807) is 34.5 Å². The molecule has 3 nitrogen and oxygen atoms in total. The van der Waals surface area contributed by atoms with Gasteiger partial charge in [-0.2, -0.15) is 5.10 Å². The zero-order valence-corrected chi connectivity index (χ0v) is 14.1. The van der Waals surface area contributed by atoms with Crippen LogP contribution in [0.4, 0.5) is 0 Å². The lowest BCUT2D eigenvalue weighted by Crippen LogP contribution is -1.94. The van der Waals surface area contributed by atoms with Gasteiger partial charge in [-0.1, -0.05) is 29.8 Å². The maximum atomic E-state index is 12.1. The zero-order valence-electron chi connectivity index (χ0n) is 12.6. The first-order valence-electron chi connectivity index (χ1n) is 7.27. The second-order valence-electron chi connectivity index (χ2n) is 4.96. The molecule has 0 unspecified atom stereocenters. The highest BCUT2D eigenvalue weighted by Gasteiger charge is 2.07. The van der Waals surface area contributed by atoms with E-state index < -0.39 is 0 Å². The second kappa shape index (κ2) is 6.94. The van der Waals surface area contributed by atoms with Gasteiger partial charge in [-0.15, -0.1) is 11.3 Å². The van der Waals surface area contributed by atoms with Crippen LogP contribution in [0.5, 0.6) is 0 Å². The molecule has 0 radical (unpaired) electrons. The molecule has 0 saturated carbocycles. The maximum absolute atomic E-state index is 12.1. The Morgan fingerprint density at radius 1 is 1.30 bits per heavy atom. The Balaban J connectivity index is 1.76. The summed E-state index contributed by atoms with van der Waals surface area (Å²) in [5, 5.41) is 4.84. The Bertz CT molecular complexity index is 863. The molecule has 5 heteroatoms. The first-order chi connectivity index (χ1) is 11.2. The van der Waals surface area contributed by atoms with Crippen molar-refractivity contribution in [3.63, 3.8) is 0 Å². The lowest BCUT2D eigenvalue weighted by molar-refractivity contribution is 0.104. The van der Waals surface area contributed by atoms with Crippen LogP contribution >= 0.6 is 22.9 Å². The predicted octanol–water partition coefficient (Wildman–Crippen LogP) is 5.18. The fourth-order valence-electron chi connectivity index (χ4n) is 2.17. The van der Waals surface area contributed by atoms with Crippen molar-refractivity contribution in [2.75, 3.05) is 0 Å². The molecule has 23 heavy (non-hydrogen) atoms. The zero-order chi connectivity index (χ0) is 16.2. The summed E-state index contributed by atoms with van der Waals surface area (Å²) < 4.78 is 1.74. The fraction of sp³-hybridized carbons (Fsp3) is 0.111. The summed E-state index contributed by atoms with van der Waals surface area (Å²) in [5.41, 5.74) is 1.61. The van der Waals surface area contributed by atoms with E-state index in [2.05, 4.69) is 5.10 Å². The fourth-order valence-corrected chi connectivity index (χ4v) is 3.41. The molecule has 0 aliphatic rings. The number of carbonyl (C=O) groups excluding carboxylic acids is 1. The number of hydrogen-bond donors (Lipinski definition) is 0. The van der Waals surface area contributed by atoms with Crippen LogP contribution in [0.25, 0.3) is 16.5 Å². The number of allylic oxidation sites excluding steroid dienone is 1. The van der Waals surface area contributed by atoms with Crippen LogP contribution in [0.1, 0.15) is 22.2 Å². The van der Waals surface area contributed by atoms with Crippen molar-refractivity contribution in [2.45, 2.75) is 13.5 Å². The van der Waals surface area contributed by atoms with Gasteiger partial charge in [0.15, 0.2) is 5.78 Å². The average molecular weight is 343 g/mol. The van der Waals surface area contributed by atoms with Crippen LogP contribution in [0, 0.1) is 0 Å². The summed E-state index contributed by atoms with van der Waals surface area (Å²) >= 11 is 7.82. The Hall–Kier alpha value is -2.17. The minimum absolute atomic E-state index is 0.0441. The number of halogens is 1. The lowest BCUT2D eigenvalue weighted by atomic mass is 10.2. The Labute approximate surface area is 143 Å². The van der Waals surface area contributed by atoms with Crippen LogP contribution < -0.4 is 0 Å². The summed E-state index contributed by atoms with van der Waals surface area (Å²) in [6.45, 7) is 2.74. The highest BCUT2D eigenvalue weighted by molar-refractivity contribution is 7.16. The number of nitrogens with zero attached hydrogens (tertiary/aromatic N) is 2. The van der Waals surface area contributed by atoms with Gasteiger partial charge in [-0.3, -0.25) is 9.48 Å². The molecule has 1 aromatic carbocycles. The van der Waals surface area contributed by atoms with Gasteiger partial charge >= 0.3 is 0 Å². The molecule has 116 valence electrons. The van der Waals surface area contributed by atoms with Gasteiger partial charge in [0.25, 0.3) is 0 Å². The van der Waals surface area contributed by atoms with E-state index in [-0.39, 0.29) is 5.78 Å². The van der Waals surface area contributed by atoms with Crippen molar-refractivity contribution < 1.29 is 4.79 Å². The summed E-state index contributed by atoms with van der Waals surface area (Å²) in [7, 11) is 0. The van der Waals surface area contributed by atoms with Crippen LogP contribution in [0.2, 0.25) is 5.02 Å². The van der Waals surface area contributed by atoms with Gasteiger partial charge in [-0.05, 0) is 37.3 Å². The van der Waals surface area contributed by atoms with E-state index >= 15 is 0 Å². The van der Waals surface area contributed by atoms with Gasteiger partial charge in [0.2, 0.25) is 0 Å². The number of rotatable bonds is 5. The van der Waals surface area contributed by atoms with Crippen molar-refractivity contribution in [3.8, 4) is 10.4 Å². The molecule has 0 aliphatic carbocycles. The molecule has 0 saturated heterocycles. The first-order valence-corrected chi connectivity index (χ1v) is 8.46. The van der Waals surface area contributed by atoms with E-state index in [9.17, 15) is 4.79 Å². The molecule has 3 aromatic rings. The topological polar surface area (TPSA) is 34.9 Å². The third-order valence-electron chi connectivity index (χ3n) is 3.41. The molecule has 0 fully saturated rings. The minimum atomic E-state index is -0.0441.